The molecule has 2 aromatic heterocycles. The van der Waals surface area contributed by atoms with Gasteiger partial charge in [-0.2, -0.15) is 0 Å². The van der Waals surface area contributed by atoms with Crippen LogP contribution in [0.3, 0.4) is 0 Å². The molecule has 1 N–H and O–H groups in total. The molecule has 1 atom stereocenters. The van der Waals surface area contributed by atoms with Gasteiger partial charge in [-0.25, -0.2) is 4.79 Å². The highest BCUT2D eigenvalue weighted by Gasteiger charge is 2.22. The fourth-order valence-electron chi connectivity index (χ4n) is 2.20. The molecule has 0 bridgehead atoms. The number of thiophene rings is 1. The number of carbonyl (C=O) groups is 2. The molecule has 0 saturated carbocycles. The van der Waals surface area contributed by atoms with Crippen molar-refractivity contribution in [1.29, 1.82) is 0 Å². The van der Waals surface area contributed by atoms with Gasteiger partial charge in [-0.1, -0.05) is 15.9 Å². The van der Waals surface area contributed by atoms with E-state index in [9.17, 15) is 9.59 Å². The number of hydrogen-bond donors (Lipinski definition) is 1. The maximum atomic E-state index is 12.4. The van der Waals surface area contributed by atoms with E-state index >= 15 is 0 Å². The van der Waals surface area contributed by atoms with Crippen molar-refractivity contribution in [3.8, 4) is 5.69 Å². The summed E-state index contributed by atoms with van der Waals surface area (Å²) < 4.78 is 8.08. The number of carbonyl (C=O) groups excluding carboxylic acids is 2. The molecule has 25 heavy (non-hydrogen) atoms. The van der Waals surface area contributed by atoms with Crippen molar-refractivity contribution < 1.29 is 14.3 Å². The number of ether oxygens (including phenoxy) is 1. The zero-order chi connectivity index (χ0) is 17.8. The smallest absolute Gasteiger partial charge is 0.351 e. The zero-order valence-corrected chi connectivity index (χ0v) is 15.7. The SMILES string of the molecule is CC(OC(=O)c1sccc1-n1cccc1)C(=O)Nc1ccc(Br)cc1. The van der Waals surface area contributed by atoms with Crippen LogP contribution in [0.4, 0.5) is 5.69 Å². The molecule has 1 aromatic carbocycles. The van der Waals surface area contributed by atoms with E-state index in [1.54, 1.807) is 19.1 Å². The molecule has 0 aliphatic rings. The lowest BCUT2D eigenvalue weighted by molar-refractivity contribution is -0.123. The summed E-state index contributed by atoms with van der Waals surface area (Å²) in [7, 11) is 0. The number of esters is 1. The van der Waals surface area contributed by atoms with E-state index in [1.165, 1.54) is 11.3 Å². The van der Waals surface area contributed by atoms with Crippen molar-refractivity contribution in [2.45, 2.75) is 13.0 Å². The zero-order valence-electron chi connectivity index (χ0n) is 13.3. The van der Waals surface area contributed by atoms with E-state index in [0.29, 0.717) is 10.6 Å². The van der Waals surface area contributed by atoms with Crippen LogP contribution < -0.4 is 5.32 Å². The summed E-state index contributed by atoms with van der Waals surface area (Å²) in [4.78, 5) is 25.1. The number of hydrogen-bond acceptors (Lipinski definition) is 4. The molecule has 3 aromatic rings. The van der Waals surface area contributed by atoms with Crippen LogP contribution in [0.2, 0.25) is 0 Å². The second-order valence-electron chi connectivity index (χ2n) is 5.27. The first-order valence-electron chi connectivity index (χ1n) is 7.53. The number of amides is 1. The Labute approximate surface area is 157 Å². The summed E-state index contributed by atoms with van der Waals surface area (Å²) in [6.45, 7) is 1.55. The first-order valence-corrected chi connectivity index (χ1v) is 9.20. The van der Waals surface area contributed by atoms with Crippen LogP contribution >= 0.6 is 27.3 Å². The van der Waals surface area contributed by atoms with Crippen molar-refractivity contribution in [3.05, 3.63) is 69.6 Å². The molecule has 3 rings (SSSR count). The lowest BCUT2D eigenvalue weighted by Gasteiger charge is -2.14. The molecule has 0 aliphatic carbocycles. The van der Waals surface area contributed by atoms with Gasteiger partial charge >= 0.3 is 5.97 Å². The predicted molar refractivity (Wildman–Crippen MR) is 101 cm³/mol. The van der Waals surface area contributed by atoms with Crippen molar-refractivity contribution in [2.24, 2.45) is 0 Å². The molecule has 2 heterocycles. The third kappa shape index (κ3) is 4.18. The molecule has 5 nitrogen and oxygen atoms in total. The Balaban J connectivity index is 1.65. The van der Waals surface area contributed by atoms with Crippen molar-refractivity contribution in [1.82, 2.24) is 4.57 Å². The molecular formula is C18H15BrN2O3S. The quantitative estimate of drug-likeness (QED) is 0.621. The lowest BCUT2D eigenvalue weighted by Crippen LogP contribution is -2.30. The van der Waals surface area contributed by atoms with Gasteiger partial charge in [0.2, 0.25) is 0 Å². The molecule has 1 unspecified atom stereocenters. The predicted octanol–water partition coefficient (Wildman–Crippen LogP) is 4.49. The van der Waals surface area contributed by atoms with Gasteiger partial charge in [-0.15, -0.1) is 11.3 Å². The van der Waals surface area contributed by atoms with Crippen molar-refractivity contribution >= 4 is 44.8 Å². The van der Waals surface area contributed by atoms with Gasteiger partial charge in [0.15, 0.2) is 6.10 Å². The number of aromatic nitrogens is 1. The number of benzene rings is 1. The van der Waals surface area contributed by atoms with Crippen LogP contribution in [0.15, 0.2) is 64.7 Å². The van der Waals surface area contributed by atoms with E-state index in [2.05, 4.69) is 21.2 Å². The maximum absolute atomic E-state index is 12.4. The van der Waals surface area contributed by atoms with E-state index in [4.69, 9.17) is 4.74 Å². The highest BCUT2D eigenvalue weighted by atomic mass is 79.9. The van der Waals surface area contributed by atoms with Crippen molar-refractivity contribution in [2.75, 3.05) is 5.32 Å². The summed E-state index contributed by atoms with van der Waals surface area (Å²) in [5.41, 5.74) is 1.38. The van der Waals surface area contributed by atoms with Gasteiger partial charge in [-0.05, 0) is 54.8 Å². The highest BCUT2D eigenvalue weighted by molar-refractivity contribution is 9.10. The molecule has 0 saturated heterocycles. The topological polar surface area (TPSA) is 60.3 Å². The minimum atomic E-state index is -0.907. The van der Waals surface area contributed by atoms with E-state index in [0.717, 1.165) is 10.2 Å². The second-order valence-corrected chi connectivity index (χ2v) is 7.10. The average molecular weight is 419 g/mol. The van der Waals surface area contributed by atoms with Crippen LogP contribution in [0, 0.1) is 0 Å². The summed E-state index contributed by atoms with van der Waals surface area (Å²) in [5.74, 6) is -0.896. The summed E-state index contributed by atoms with van der Waals surface area (Å²) in [5, 5.41) is 4.54. The number of nitrogens with one attached hydrogen (secondary N) is 1. The van der Waals surface area contributed by atoms with Crippen molar-refractivity contribution in [3.63, 3.8) is 0 Å². The van der Waals surface area contributed by atoms with Gasteiger partial charge in [-0.3, -0.25) is 4.79 Å². The summed E-state index contributed by atoms with van der Waals surface area (Å²) >= 11 is 4.62. The summed E-state index contributed by atoms with van der Waals surface area (Å²) in [6, 6.07) is 12.8. The van der Waals surface area contributed by atoms with E-state index < -0.39 is 12.1 Å². The number of nitrogens with zero attached hydrogens (tertiary/aromatic N) is 1. The highest BCUT2D eigenvalue weighted by Crippen LogP contribution is 2.23. The number of rotatable bonds is 5. The molecule has 0 aliphatic heterocycles. The monoisotopic (exact) mass is 418 g/mol. The number of anilines is 1. The molecule has 128 valence electrons. The minimum Gasteiger partial charge on any atom is -0.448 e. The summed E-state index contributed by atoms with van der Waals surface area (Å²) in [6.07, 6.45) is 2.79. The normalized spacial score (nSPS) is 11.8. The minimum absolute atomic E-state index is 0.380. The van der Waals surface area contributed by atoms with Gasteiger partial charge in [0.05, 0.1) is 5.69 Å². The van der Waals surface area contributed by atoms with E-state index in [-0.39, 0.29) is 5.91 Å². The molecular weight excluding hydrogens is 404 g/mol. The van der Waals surface area contributed by atoms with Crippen LogP contribution in [0.5, 0.6) is 0 Å². The van der Waals surface area contributed by atoms with Crippen LogP contribution in [-0.4, -0.2) is 22.5 Å². The van der Waals surface area contributed by atoms with Gasteiger partial charge in [0, 0.05) is 22.6 Å². The standard InChI is InChI=1S/C18H15BrN2O3S/c1-12(17(22)20-14-6-4-13(19)5-7-14)24-18(23)16-15(8-11-25-16)21-9-2-3-10-21/h2-12H,1H3,(H,20,22). The third-order valence-electron chi connectivity index (χ3n) is 3.48. The van der Waals surface area contributed by atoms with Crippen LogP contribution in [-0.2, 0) is 9.53 Å². The Morgan fingerprint density at radius 1 is 1.16 bits per heavy atom. The maximum Gasteiger partial charge on any atom is 0.351 e. The Morgan fingerprint density at radius 2 is 1.84 bits per heavy atom. The van der Waals surface area contributed by atoms with Crippen LogP contribution in [0.25, 0.3) is 5.69 Å². The largest absolute Gasteiger partial charge is 0.448 e. The Hall–Kier alpha value is -2.38. The fourth-order valence-corrected chi connectivity index (χ4v) is 3.23. The molecule has 0 radical (unpaired) electrons. The number of halogens is 1. The Morgan fingerprint density at radius 3 is 2.52 bits per heavy atom. The first kappa shape index (κ1) is 17.4. The van der Waals surface area contributed by atoms with Gasteiger partial charge in [0.1, 0.15) is 4.88 Å². The van der Waals surface area contributed by atoms with E-state index in [1.807, 2.05) is 52.7 Å². The Kier molecular flexibility index (Phi) is 5.35. The van der Waals surface area contributed by atoms with Crippen LogP contribution in [0.1, 0.15) is 16.6 Å². The molecule has 0 spiro atoms. The third-order valence-corrected chi connectivity index (χ3v) is 4.89. The molecule has 0 fully saturated rings. The molecule has 1 amide bonds. The Bertz CT molecular complexity index is 872. The van der Waals surface area contributed by atoms with Gasteiger partial charge in [0.25, 0.3) is 5.91 Å². The average Bonchev–Trinajstić information content (AvgIpc) is 3.27. The van der Waals surface area contributed by atoms with Gasteiger partial charge < -0.3 is 14.6 Å². The first-order chi connectivity index (χ1) is 12.0. The lowest BCUT2D eigenvalue weighted by atomic mass is 10.3. The second kappa shape index (κ2) is 7.67. The molecule has 7 heteroatoms. The fraction of sp³-hybridized carbons (Fsp3) is 0.111.